The molecule has 18 atom stereocenters. The number of ketones is 1. The lowest BCUT2D eigenvalue weighted by Gasteiger charge is -2.50. The van der Waals surface area contributed by atoms with Crippen LogP contribution in [-0.2, 0) is 69.9 Å². The molecule has 2 aromatic rings. The van der Waals surface area contributed by atoms with E-state index in [0.717, 1.165) is 25.1 Å². The molecule has 2 N–H and O–H groups in total. The third kappa shape index (κ3) is 13.6. The number of hydrogen-bond donors (Lipinski definition) is 2. The molecule has 20 heteroatoms. The topological polar surface area (TPSA) is 230 Å². The highest BCUT2D eigenvalue weighted by atomic mass is 16.8. The van der Waals surface area contributed by atoms with Gasteiger partial charge in [0.25, 0.3) is 0 Å². The van der Waals surface area contributed by atoms with Crippen LogP contribution in [0.3, 0.4) is 0 Å². The number of aryl methyl sites for hydroxylation is 2. The van der Waals surface area contributed by atoms with Crippen LogP contribution in [0.4, 0.5) is 4.79 Å². The number of esters is 1. The van der Waals surface area contributed by atoms with E-state index in [4.69, 9.17) is 47.4 Å². The Labute approximate surface area is 460 Å². The van der Waals surface area contributed by atoms with Crippen LogP contribution in [0.25, 0.3) is 10.9 Å². The number of rotatable bonds is 19. The molecule has 20 nitrogen and oxygen atoms in total. The molecule has 5 heterocycles. The number of pyridine rings is 1. The summed E-state index contributed by atoms with van der Waals surface area (Å²) < 4.78 is 66.1. The first-order chi connectivity index (χ1) is 36.7. The Hall–Kier alpha value is -4.09. The lowest BCUT2D eigenvalue weighted by molar-refractivity contribution is -0.322. The number of likely N-dealkylation sites (N-methyl/N-ethyl adjacent to an activating group) is 1. The van der Waals surface area contributed by atoms with Crippen molar-refractivity contribution in [3.63, 3.8) is 0 Å². The zero-order chi connectivity index (χ0) is 57.8. The standard InChI is InChI=1S/C58H91N3O17/c1-17-43-58(11)50(77-55(68)78-58)34(5)45(62)32(3)29-56(9,69-15)49(76-54-47(64)42(59(12)13)27-33(4)72-54)35(6)48(36(7)53(67)74-43)75-44-30-57(10,70-16)51(37(8)73-44)71-26-20-25-60(14)24-19-21-38-22-23-41-39(28-38)46(63)40(52(65)66)31-61(41)18-2/h22-23,28,31-37,42-44,47-51,54,64H,17-21,24-27,29-30H2,1-16H3,(H,65,66)/t32-,33-,34?,35+,36+,37-,42+,43-,44+,47+,48+,49-,50+,51+,54+,56+,57-,58-/m0/s1. The Morgan fingerprint density at radius 1 is 0.859 bits per heavy atom. The number of fused-ring (bicyclic) bond motifs is 2. The predicted octanol–water partition coefficient (Wildman–Crippen LogP) is 6.63. The van der Waals surface area contributed by atoms with Crippen LogP contribution in [0.5, 0.6) is 0 Å². The molecule has 4 aliphatic rings. The summed E-state index contributed by atoms with van der Waals surface area (Å²) in [4.78, 5) is 71.3. The largest absolute Gasteiger partial charge is 0.509 e. The molecule has 1 aromatic carbocycles. The number of carbonyl (C=O) groups is 4. The number of carboxylic acids is 1. The maximum Gasteiger partial charge on any atom is 0.509 e. The molecule has 6 rings (SSSR count). The second kappa shape index (κ2) is 26.2. The van der Waals surface area contributed by atoms with Crippen molar-refractivity contribution in [2.75, 3.05) is 55.1 Å². The third-order valence-electron chi connectivity index (χ3n) is 17.4. The molecule has 0 radical (unpaired) electrons. The number of methoxy groups -OCH3 is 2. The second-order valence-corrected chi connectivity index (χ2v) is 23.5. The fraction of sp³-hybridized carbons (Fsp3) is 0.776. The molecular weight excluding hydrogens is 1010 g/mol. The first-order valence-electron chi connectivity index (χ1n) is 28.1. The summed E-state index contributed by atoms with van der Waals surface area (Å²) in [6.45, 7) is 22.5. The lowest BCUT2D eigenvalue weighted by atomic mass is 9.74. The number of benzene rings is 1. The fourth-order valence-electron chi connectivity index (χ4n) is 12.7. The summed E-state index contributed by atoms with van der Waals surface area (Å²) in [6.07, 6.45) is -4.77. The van der Waals surface area contributed by atoms with Crippen molar-refractivity contribution in [1.29, 1.82) is 0 Å². The van der Waals surface area contributed by atoms with Gasteiger partial charge in [0.1, 0.15) is 29.7 Å². The van der Waals surface area contributed by atoms with Crippen molar-refractivity contribution in [1.82, 2.24) is 14.4 Å². The van der Waals surface area contributed by atoms with Crippen LogP contribution < -0.4 is 5.43 Å². The number of aromatic carboxylic acids is 1. The number of nitrogens with zero attached hydrogens (tertiary/aromatic N) is 3. The smallest absolute Gasteiger partial charge is 0.477 e. The number of aromatic nitrogens is 1. The van der Waals surface area contributed by atoms with E-state index in [1.807, 2.05) is 85.8 Å². The average molecular weight is 1100 g/mol. The normalized spacial score (nSPS) is 37.2. The minimum atomic E-state index is -1.50. The number of carboxylic acid groups (broad SMARTS) is 1. The van der Waals surface area contributed by atoms with Crippen molar-refractivity contribution < 1.29 is 76.8 Å². The highest BCUT2D eigenvalue weighted by molar-refractivity contribution is 5.92. The minimum Gasteiger partial charge on any atom is -0.477 e. The fourth-order valence-corrected chi connectivity index (χ4v) is 12.7. The van der Waals surface area contributed by atoms with E-state index in [2.05, 4.69) is 4.90 Å². The number of aliphatic hydroxyl groups excluding tert-OH is 1. The Kier molecular flexibility index (Phi) is 21.2. The molecule has 0 aliphatic carbocycles. The number of Topliss-reactive ketones (excluding diaryl/α,β-unsaturated/α-hetero) is 1. The summed E-state index contributed by atoms with van der Waals surface area (Å²) in [7, 11) is 8.98. The van der Waals surface area contributed by atoms with E-state index < -0.39 is 119 Å². The van der Waals surface area contributed by atoms with E-state index >= 15 is 0 Å². The molecule has 440 valence electrons. The molecule has 0 spiro atoms. The van der Waals surface area contributed by atoms with Crippen LogP contribution in [0, 0.1) is 23.7 Å². The van der Waals surface area contributed by atoms with Gasteiger partial charge < -0.3 is 71.9 Å². The van der Waals surface area contributed by atoms with Gasteiger partial charge in [-0.25, -0.2) is 9.59 Å². The van der Waals surface area contributed by atoms with Gasteiger partial charge in [-0.05, 0) is 132 Å². The molecule has 1 unspecified atom stereocenters. The number of ether oxygens (including phenoxy) is 10. The summed E-state index contributed by atoms with van der Waals surface area (Å²) in [5, 5.41) is 21.9. The number of cyclic esters (lactones) is 1. The Balaban J connectivity index is 1.20. The summed E-state index contributed by atoms with van der Waals surface area (Å²) in [5.41, 5.74) is -2.74. The van der Waals surface area contributed by atoms with Gasteiger partial charge in [0, 0.05) is 69.8 Å². The lowest BCUT2D eigenvalue weighted by Crippen LogP contribution is -2.61. The third-order valence-corrected chi connectivity index (χ3v) is 17.4. The zero-order valence-corrected chi connectivity index (χ0v) is 49.1. The van der Waals surface area contributed by atoms with Crippen molar-refractivity contribution >= 4 is 34.8 Å². The Morgan fingerprint density at radius 2 is 1.53 bits per heavy atom. The molecule has 0 bridgehead atoms. The first-order valence-corrected chi connectivity index (χ1v) is 28.1. The van der Waals surface area contributed by atoms with Gasteiger partial charge in [-0.3, -0.25) is 14.4 Å². The van der Waals surface area contributed by atoms with Gasteiger partial charge in [-0.1, -0.05) is 33.8 Å². The highest BCUT2D eigenvalue weighted by Gasteiger charge is 2.60. The Bertz CT molecular complexity index is 2450. The molecule has 4 saturated heterocycles. The van der Waals surface area contributed by atoms with Gasteiger partial charge in [-0.2, -0.15) is 0 Å². The second-order valence-electron chi connectivity index (χ2n) is 23.5. The predicted molar refractivity (Wildman–Crippen MR) is 289 cm³/mol. The minimum absolute atomic E-state index is 0.124. The monoisotopic (exact) mass is 1100 g/mol. The highest BCUT2D eigenvalue weighted by Crippen LogP contribution is 2.44. The number of carbonyl (C=O) groups excluding carboxylic acids is 3. The van der Waals surface area contributed by atoms with E-state index in [1.54, 1.807) is 46.3 Å². The van der Waals surface area contributed by atoms with E-state index in [-0.39, 0.29) is 42.8 Å². The number of hydrogen-bond acceptors (Lipinski definition) is 18. The van der Waals surface area contributed by atoms with Crippen LogP contribution in [-0.4, -0.2) is 188 Å². The van der Waals surface area contributed by atoms with Gasteiger partial charge in [0.15, 0.2) is 24.3 Å². The van der Waals surface area contributed by atoms with Crippen molar-refractivity contribution in [2.45, 2.75) is 212 Å². The van der Waals surface area contributed by atoms with E-state index in [9.17, 15) is 34.2 Å². The summed E-state index contributed by atoms with van der Waals surface area (Å²) in [5.74, 6) is -5.40. The Morgan fingerprint density at radius 3 is 2.15 bits per heavy atom. The summed E-state index contributed by atoms with van der Waals surface area (Å²) in [6, 6.07) is 5.39. The molecule has 1 aromatic heterocycles. The van der Waals surface area contributed by atoms with Crippen LogP contribution in [0.2, 0.25) is 0 Å². The molecular formula is C58H91N3O17. The quantitative estimate of drug-likeness (QED) is 0.111. The van der Waals surface area contributed by atoms with Crippen LogP contribution in [0.1, 0.15) is 131 Å². The van der Waals surface area contributed by atoms with Crippen molar-refractivity contribution in [2.24, 2.45) is 23.7 Å². The first kappa shape index (κ1) is 63.1. The molecule has 0 amide bonds. The summed E-state index contributed by atoms with van der Waals surface area (Å²) >= 11 is 0. The van der Waals surface area contributed by atoms with Crippen molar-refractivity contribution in [3.05, 3.63) is 45.7 Å². The SMILES string of the molecule is CC[C@@H]1OC(=O)[C@H](C)[C@H](O[C@@H]2C[C@](C)(OC)[C@H](OCCCN(C)CCCc3ccc4c(c3)c(=O)c(C(=O)O)cn4CC)[C@H](C)O2)[C@@H](C)[C@H](O[C@H]2O[C@@H](C)C[C@@H](N(C)C)[C@H]2O)[C@](C)(OC)C[C@H](C)C(=O)C(C)[C@H]2OC(=O)O[C@@]12C. The van der Waals surface area contributed by atoms with E-state index in [0.29, 0.717) is 43.3 Å². The van der Waals surface area contributed by atoms with Gasteiger partial charge in [0.05, 0.1) is 53.0 Å². The molecule has 0 saturated carbocycles. The van der Waals surface area contributed by atoms with Gasteiger partial charge in [0.2, 0.25) is 5.43 Å². The molecule has 4 aliphatic heterocycles. The van der Waals surface area contributed by atoms with Crippen LogP contribution in [0.15, 0.2) is 29.2 Å². The molecule has 4 fully saturated rings. The number of aliphatic hydroxyl groups is 1. The zero-order valence-electron chi connectivity index (χ0n) is 49.1. The van der Waals surface area contributed by atoms with Gasteiger partial charge >= 0.3 is 18.1 Å². The average Bonchev–Trinajstić information content (AvgIpc) is 3.79. The maximum absolute atomic E-state index is 14.8. The van der Waals surface area contributed by atoms with Crippen molar-refractivity contribution in [3.8, 4) is 0 Å². The van der Waals surface area contributed by atoms with Gasteiger partial charge in [-0.15, -0.1) is 0 Å². The van der Waals surface area contributed by atoms with Crippen LogP contribution >= 0.6 is 0 Å². The maximum atomic E-state index is 14.8. The van der Waals surface area contributed by atoms with E-state index in [1.165, 1.54) is 13.3 Å². The molecule has 78 heavy (non-hydrogen) atoms.